The second kappa shape index (κ2) is 4.74. The Morgan fingerprint density at radius 2 is 2.12 bits per heavy atom. The van der Waals surface area contributed by atoms with Gasteiger partial charge in [0, 0.05) is 5.92 Å². The average molecular weight is 226 g/mol. The minimum atomic E-state index is -0.0123. The highest BCUT2D eigenvalue weighted by molar-refractivity contribution is 5.73. The van der Waals surface area contributed by atoms with Gasteiger partial charge < -0.3 is 9.47 Å². The molecule has 1 aliphatic heterocycles. The number of hydrogen-bond donors (Lipinski definition) is 0. The number of hydrogen-bond acceptors (Lipinski definition) is 3. The van der Waals surface area contributed by atoms with Crippen LogP contribution < -0.4 is 0 Å². The Balaban J connectivity index is 2.10. The van der Waals surface area contributed by atoms with Crippen molar-refractivity contribution in [3.8, 4) is 0 Å². The Kier molecular flexibility index (Phi) is 3.53. The first-order valence-electron chi connectivity index (χ1n) is 6.47. The molecule has 92 valence electrons. The molecule has 2 aliphatic rings. The molecule has 0 spiro atoms. The fraction of sp³-hybridized carbons (Fsp3) is 0.923. The van der Waals surface area contributed by atoms with Gasteiger partial charge in [0.2, 0.25) is 0 Å². The third-order valence-electron chi connectivity index (χ3n) is 4.22. The Morgan fingerprint density at radius 3 is 2.81 bits per heavy atom. The largest absolute Gasteiger partial charge is 0.466 e. The first-order chi connectivity index (χ1) is 7.65. The monoisotopic (exact) mass is 226 g/mol. The van der Waals surface area contributed by atoms with E-state index in [0.29, 0.717) is 18.4 Å². The molecule has 1 heterocycles. The summed E-state index contributed by atoms with van der Waals surface area (Å²) >= 11 is 0. The predicted molar refractivity (Wildman–Crippen MR) is 61.0 cm³/mol. The van der Waals surface area contributed by atoms with Crippen molar-refractivity contribution >= 4 is 5.97 Å². The van der Waals surface area contributed by atoms with Crippen LogP contribution in [0.5, 0.6) is 0 Å². The van der Waals surface area contributed by atoms with Crippen molar-refractivity contribution in [2.24, 2.45) is 17.8 Å². The SMILES string of the molecule is CCOC(=O)[C@@H]1CCC[C@@H]2O[C@H](C)[C@@H](C)[C@@H]21. The van der Waals surface area contributed by atoms with E-state index < -0.39 is 0 Å². The first kappa shape index (κ1) is 11.9. The van der Waals surface area contributed by atoms with E-state index in [0.717, 1.165) is 19.3 Å². The fourth-order valence-corrected chi connectivity index (χ4v) is 3.28. The molecule has 0 N–H and O–H groups in total. The molecular weight excluding hydrogens is 204 g/mol. The van der Waals surface area contributed by atoms with Gasteiger partial charge in [-0.25, -0.2) is 0 Å². The molecule has 0 aromatic rings. The number of esters is 1. The molecule has 3 nitrogen and oxygen atoms in total. The molecule has 1 aliphatic carbocycles. The maximum absolute atomic E-state index is 11.9. The van der Waals surface area contributed by atoms with Crippen molar-refractivity contribution < 1.29 is 14.3 Å². The summed E-state index contributed by atoms with van der Waals surface area (Å²) in [6.45, 7) is 6.67. The van der Waals surface area contributed by atoms with Gasteiger partial charge >= 0.3 is 5.97 Å². The van der Waals surface area contributed by atoms with Crippen LogP contribution in [0, 0.1) is 17.8 Å². The quantitative estimate of drug-likeness (QED) is 0.678. The summed E-state index contributed by atoms with van der Waals surface area (Å²) in [6, 6.07) is 0. The van der Waals surface area contributed by atoms with E-state index in [1.54, 1.807) is 0 Å². The summed E-state index contributed by atoms with van der Waals surface area (Å²) in [7, 11) is 0. The Bertz CT molecular complexity index is 264. The van der Waals surface area contributed by atoms with Gasteiger partial charge in [-0.05, 0) is 39.0 Å². The topological polar surface area (TPSA) is 35.5 Å². The lowest BCUT2D eigenvalue weighted by molar-refractivity contribution is -0.153. The second-order valence-electron chi connectivity index (χ2n) is 5.11. The average Bonchev–Trinajstić information content (AvgIpc) is 2.55. The van der Waals surface area contributed by atoms with Crippen molar-refractivity contribution in [3.63, 3.8) is 0 Å². The van der Waals surface area contributed by atoms with Gasteiger partial charge in [-0.3, -0.25) is 4.79 Å². The Morgan fingerprint density at radius 1 is 1.38 bits per heavy atom. The van der Waals surface area contributed by atoms with E-state index in [2.05, 4.69) is 13.8 Å². The molecular formula is C13H22O3. The van der Waals surface area contributed by atoms with Crippen molar-refractivity contribution in [2.75, 3.05) is 6.61 Å². The number of fused-ring (bicyclic) bond motifs is 1. The maximum Gasteiger partial charge on any atom is 0.309 e. The molecule has 0 amide bonds. The van der Waals surface area contributed by atoms with Crippen molar-refractivity contribution in [1.82, 2.24) is 0 Å². The van der Waals surface area contributed by atoms with Crippen LogP contribution in [0.4, 0.5) is 0 Å². The summed E-state index contributed by atoms with van der Waals surface area (Å²) < 4.78 is 11.1. The van der Waals surface area contributed by atoms with Gasteiger partial charge in [-0.15, -0.1) is 0 Å². The standard InChI is InChI=1S/C13H22O3/c1-4-15-13(14)10-6-5-7-11-12(10)8(2)9(3)16-11/h8-12H,4-7H2,1-3H3/t8-,9-,10-,11+,12-/m1/s1. The fourth-order valence-electron chi connectivity index (χ4n) is 3.28. The van der Waals surface area contributed by atoms with Crippen LogP contribution in [0.15, 0.2) is 0 Å². The predicted octanol–water partition coefficient (Wildman–Crippen LogP) is 2.39. The van der Waals surface area contributed by atoms with E-state index in [1.807, 2.05) is 6.92 Å². The summed E-state index contributed by atoms with van der Waals surface area (Å²) in [5, 5.41) is 0. The number of carbonyl (C=O) groups is 1. The van der Waals surface area contributed by atoms with E-state index >= 15 is 0 Å². The van der Waals surface area contributed by atoms with Gasteiger partial charge in [0.1, 0.15) is 0 Å². The van der Waals surface area contributed by atoms with Crippen molar-refractivity contribution in [3.05, 3.63) is 0 Å². The normalized spacial score (nSPS) is 42.8. The number of ether oxygens (including phenoxy) is 2. The lowest BCUT2D eigenvalue weighted by Crippen LogP contribution is -2.37. The molecule has 1 saturated carbocycles. The molecule has 1 saturated heterocycles. The summed E-state index contributed by atoms with van der Waals surface area (Å²) in [4.78, 5) is 11.9. The molecule has 2 fully saturated rings. The van der Waals surface area contributed by atoms with Crippen LogP contribution in [0.1, 0.15) is 40.0 Å². The molecule has 0 aromatic heterocycles. The summed E-state index contributed by atoms with van der Waals surface area (Å²) in [6.07, 6.45) is 3.73. The lowest BCUT2D eigenvalue weighted by Gasteiger charge is -2.32. The second-order valence-corrected chi connectivity index (χ2v) is 5.11. The van der Waals surface area contributed by atoms with Crippen LogP contribution in [0.2, 0.25) is 0 Å². The molecule has 0 radical (unpaired) electrons. The van der Waals surface area contributed by atoms with Gasteiger partial charge in [-0.2, -0.15) is 0 Å². The number of rotatable bonds is 2. The first-order valence-corrected chi connectivity index (χ1v) is 6.47. The van der Waals surface area contributed by atoms with E-state index in [-0.39, 0.29) is 24.1 Å². The zero-order valence-corrected chi connectivity index (χ0v) is 10.4. The molecule has 16 heavy (non-hydrogen) atoms. The van der Waals surface area contributed by atoms with Crippen molar-refractivity contribution in [1.29, 1.82) is 0 Å². The third kappa shape index (κ3) is 1.97. The molecule has 0 aromatic carbocycles. The highest BCUT2D eigenvalue weighted by Gasteiger charge is 2.48. The van der Waals surface area contributed by atoms with E-state index in [9.17, 15) is 4.79 Å². The third-order valence-corrected chi connectivity index (χ3v) is 4.22. The summed E-state index contributed by atoms with van der Waals surface area (Å²) in [5.41, 5.74) is 0. The van der Waals surface area contributed by atoms with Crippen LogP contribution >= 0.6 is 0 Å². The van der Waals surface area contributed by atoms with Gasteiger partial charge in [0.15, 0.2) is 0 Å². The van der Waals surface area contributed by atoms with Gasteiger partial charge in [-0.1, -0.05) is 6.92 Å². The highest BCUT2D eigenvalue weighted by atomic mass is 16.5. The van der Waals surface area contributed by atoms with E-state index in [1.165, 1.54) is 0 Å². The zero-order valence-electron chi connectivity index (χ0n) is 10.4. The van der Waals surface area contributed by atoms with Crippen LogP contribution in [-0.2, 0) is 14.3 Å². The Hall–Kier alpha value is -0.570. The van der Waals surface area contributed by atoms with Crippen molar-refractivity contribution in [2.45, 2.75) is 52.2 Å². The van der Waals surface area contributed by atoms with Crippen LogP contribution in [0.25, 0.3) is 0 Å². The molecule has 2 rings (SSSR count). The van der Waals surface area contributed by atoms with Gasteiger partial charge in [0.25, 0.3) is 0 Å². The number of carbonyl (C=O) groups excluding carboxylic acids is 1. The van der Waals surface area contributed by atoms with Gasteiger partial charge in [0.05, 0.1) is 24.7 Å². The molecule has 0 unspecified atom stereocenters. The van der Waals surface area contributed by atoms with Crippen LogP contribution in [-0.4, -0.2) is 24.8 Å². The molecule has 0 bridgehead atoms. The maximum atomic E-state index is 11.9. The van der Waals surface area contributed by atoms with E-state index in [4.69, 9.17) is 9.47 Å². The zero-order chi connectivity index (χ0) is 11.7. The Labute approximate surface area is 97.5 Å². The summed E-state index contributed by atoms with van der Waals surface area (Å²) in [5.74, 6) is 0.905. The molecule has 5 atom stereocenters. The minimum Gasteiger partial charge on any atom is -0.466 e. The smallest absolute Gasteiger partial charge is 0.309 e. The van der Waals surface area contributed by atoms with Crippen LogP contribution in [0.3, 0.4) is 0 Å². The highest BCUT2D eigenvalue weighted by Crippen LogP contribution is 2.44. The lowest BCUT2D eigenvalue weighted by atomic mass is 9.72. The minimum absolute atomic E-state index is 0.0123. The molecule has 3 heteroatoms.